The summed E-state index contributed by atoms with van der Waals surface area (Å²) in [6, 6.07) is 10.3. The van der Waals surface area contributed by atoms with Gasteiger partial charge in [-0.2, -0.15) is 4.98 Å². The Kier molecular flexibility index (Phi) is 5.94. The van der Waals surface area contributed by atoms with Crippen LogP contribution in [0.3, 0.4) is 0 Å². The molecule has 3 aromatic rings. The number of benzene rings is 2. The number of ether oxygens (including phenoxy) is 1. The van der Waals surface area contributed by atoms with E-state index < -0.39 is 11.6 Å². The van der Waals surface area contributed by atoms with Gasteiger partial charge >= 0.3 is 0 Å². The third kappa shape index (κ3) is 4.59. The number of carbonyl (C=O) groups excluding carboxylic acids is 1. The van der Waals surface area contributed by atoms with Crippen molar-refractivity contribution in [1.82, 2.24) is 15.0 Å². The molecule has 1 aliphatic rings. The first kappa shape index (κ1) is 20.3. The van der Waals surface area contributed by atoms with Gasteiger partial charge in [0.05, 0.1) is 0 Å². The minimum absolute atomic E-state index is 0.00206. The Hall–Kier alpha value is -3.00. The zero-order chi connectivity index (χ0) is 21.1. The molecule has 0 bridgehead atoms. The van der Waals surface area contributed by atoms with E-state index in [0.29, 0.717) is 48.2 Å². The highest BCUT2D eigenvalue weighted by Gasteiger charge is 2.28. The van der Waals surface area contributed by atoms with Crippen LogP contribution in [0.15, 0.2) is 47.0 Å². The average Bonchev–Trinajstić information content (AvgIpc) is 3.25. The van der Waals surface area contributed by atoms with Crippen LogP contribution in [0.2, 0.25) is 5.02 Å². The van der Waals surface area contributed by atoms with Crippen LogP contribution in [0.4, 0.5) is 8.78 Å². The minimum Gasteiger partial charge on any atom is -0.484 e. The number of aromatic nitrogens is 2. The molecule has 1 aromatic heterocycles. The molecule has 2 heterocycles. The van der Waals surface area contributed by atoms with Gasteiger partial charge in [0, 0.05) is 29.6 Å². The Balaban J connectivity index is 1.31. The van der Waals surface area contributed by atoms with Gasteiger partial charge in [0.2, 0.25) is 11.7 Å². The van der Waals surface area contributed by atoms with Gasteiger partial charge in [-0.3, -0.25) is 4.79 Å². The smallest absolute Gasteiger partial charge is 0.260 e. The molecule has 1 fully saturated rings. The van der Waals surface area contributed by atoms with Crippen molar-refractivity contribution >= 4 is 17.5 Å². The van der Waals surface area contributed by atoms with E-state index in [-0.39, 0.29) is 24.3 Å². The van der Waals surface area contributed by atoms with Crippen molar-refractivity contribution in [3.63, 3.8) is 0 Å². The molecular formula is C21H18ClF2N3O3. The van der Waals surface area contributed by atoms with E-state index in [2.05, 4.69) is 10.1 Å². The molecule has 6 nitrogen and oxygen atoms in total. The maximum Gasteiger partial charge on any atom is 0.260 e. The zero-order valence-electron chi connectivity index (χ0n) is 15.9. The van der Waals surface area contributed by atoms with Crippen LogP contribution in [-0.4, -0.2) is 40.6 Å². The first-order valence-corrected chi connectivity index (χ1v) is 9.82. The quantitative estimate of drug-likeness (QED) is 0.594. The third-order valence-corrected chi connectivity index (χ3v) is 5.24. The molecule has 4 rings (SSSR count). The summed E-state index contributed by atoms with van der Waals surface area (Å²) in [7, 11) is 0. The third-order valence-electron chi connectivity index (χ3n) is 4.99. The summed E-state index contributed by atoms with van der Waals surface area (Å²) in [4.78, 5) is 18.4. The Morgan fingerprint density at radius 1 is 1.13 bits per heavy atom. The summed E-state index contributed by atoms with van der Waals surface area (Å²) >= 11 is 5.83. The van der Waals surface area contributed by atoms with Gasteiger partial charge in [0.15, 0.2) is 18.2 Å². The number of hydrogen-bond acceptors (Lipinski definition) is 5. The van der Waals surface area contributed by atoms with Crippen LogP contribution >= 0.6 is 11.6 Å². The zero-order valence-corrected chi connectivity index (χ0v) is 16.6. The molecule has 1 amide bonds. The molecular weight excluding hydrogens is 416 g/mol. The maximum atomic E-state index is 13.4. The van der Waals surface area contributed by atoms with E-state index in [1.165, 1.54) is 6.07 Å². The molecule has 30 heavy (non-hydrogen) atoms. The fourth-order valence-corrected chi connectivity index (χ4v) is 3.42. The lowest BCUT2D eigenvalue weighted by Gasteiger charge is -2.30. The lowest BCUT2D eigenvalue weighted by molar-refractivity contribution is -0.134. The molecule has 0 N–H and O–H groups in total. The molecule has 1 saturated heterocycles. The lowest BCUT2D eigenvalue weighted by Crippen LogP contribution is -2.40. The van der Waals surface area contributed by atoms with Crippen molar-refractivity contribution in [3.8, 4) is 17.1 Å². The first-order chi connectivity index (χ1) is 14.5. The molecule has 0 spiro atoms. The van der Waals surface area contributed by atoms with Crippen molar-refractivity contribution in [1.29, 1.82) is 0 Å². The Bertz CT molecular complexity index is 1030. The van der Waals surface area contributed by atoms with E-state index in [4.69, 9.17) is 20.9 Å². The lowest BCUT2D eigenvalue weighted by atomic mass is 9.97. The van der Waals surface area contributed by atoms with E-state index in [1.807, 2.05) is 0 Å². The van der Waals surface area contributed by atoms with Crippen molar-refractivity contribution in [2.45, 2.75) is 18.8 Å². The molecule has 0 saturated carbocycles. The Labute approximate surface area is 176 Å². The van der Waals surface area contributed by atoms with Crippen molar-refractivity contribution in [2.24, 2.45) is 0 Å². The summed E-state index contributed by atoms with van der Waals surface area (Å²) in [5.74, 6) is -0.781. The highest BCUT2D eigenvalue weighted by atomic mass is 35.5. The Morgan fingerprint density at radius 2 is 1.87 bits per heavy atom. The van der Waals surface area contributed by atoms with Gasteiger partial charge in [-0.25, -0.2) is 8.78 Å². The Morgan fingerprint density at radius 3 is 2.57 bits per heavy atom. The summed E-state index contributed by atoms with van der Waals surface area (Å²) in [6.07, 6.45) is 1.32. The van der Waals surface area contributed by atoms with E-state index in [9.17, 15) is 13.6 Å². The second-order valence-corrected chi connectivity index (χ2v) is 7.42. The predicted octanol–water partition coefficient (Wildman–Crippen LogP) is 4.45. The number of carbonyl (C=O) groups is 1. The van der Waals surface area contributed by atoms with Crippen molar-refractivity contribution in [3.05, 3.63) is 65.0 Å². The van der Waals surface area contributed by atoms with Gasteiger partial charge in [-0.1, -0.05) is 16.8 Å². The van der Waals surface area contributed by atoms with E-state index >= 15 is 0 Å². The van der Waals surface area contributed by atoms with Gasteiger partial charge < -0.3 is 14.2 Å². The number of halogens is 3. The monoisotopic (exact) mass is 433 g/mol. The number of rotatable bonds is 5. The number of amides is 1. The molecule has 0 atom stereocenters. The van der Waals surface area contributed by atoms with Crippen LogP contribution < -0.4 is 4.74 Å². The number of nitrogens with zero attached hydrogens (tertiary/aromatic N) is 3. The normalized spacial score (nSPS) is 14.7. The molecule has 0 aliphatic carbocycles. The summed E-state index contributed by atoms with van der Waals surface area (Å²) < 4.78 is 37.3. The summed E-state index contributed by atoms with van der Waals surface area (Å²) in [5.41, 5.74) is 0.343. The highest BCUT2D eigenvalue weighted by Crippen LogP contribution is 2.29. The molecule has 1 aliphatic heterocycles. The van der Waals surface area contributed by atoms with Crippen LogP contribution in [0.25, 0.3) is 11.4 Å². The van der Waals surface area contributed by atoms with Gasteiger partial charge in [0.1, 0.15) is 5.75 Å². The highest BCUT2D eigenvalue weighted by molar-refractivity contribution is 6.30. The van der Waals surface area contributed by atoms with Crippen LogP contribution in [-0.2, 0) is 4.79 Å². The molecule has 0 radical (unpaired) electrons. The van der Waals surface area contributed by atoms with Gasteiger partial charge in [0.25, 0.3) is 5.91 Å². The van der Waals surface area contributed by atoms with Crippen LogP contribution in [0.1, 0.15) is 24.7 Å². The average molecular weight is 434 g/mol. The van der Waals surface area contributed by atoms with E-state index in [1.54, 1.807) is 29.2 Å². The first-order valence-electron chi connectivity index (χ1n) is 9.45. The second-order valence-electron chi connectivity index (χ2n) is 6.98. The largest absolute Gasteiger partial charge is 0.484 e. The fraction of sp³-hybridized carbons (Fsp3) is 0.286. The molecule has 2 aromatic carbocycles. The summed E-state index contributed by atoms with van der Waals surface area (Å²) in [6.45, 7) is 1.03. The molecule has 0 unspecified atom stereocenters. The molecule has 156 valence electrons. The maximum absolute atomic E-state index is 13.4. The summed E-state index contributed by atoms with van der Waals surface area (Å²) in [5, 5.41) is 4.47. The van der Waals surface area contributed by atoms with Crippen molar-refractivity contribution in [2.75, 3.05) is 19.7 Å². The van der Waals surface area contributed by atoms with Gasteiger partial charge in [-0.15, -0.1) is 0 Å². The topological polar surface area (TPSA) is 68.5 Å². The second kappa shape index (κ2) is 8.79. The molecule has 9 heteroatoms. The van der Waals surface area contributed by atoms with Crippen molar-refractivity contribution < 1.29 is 22.8 Å². The predicted molar refractivity (Wildman–Crippen MR) is 105 cm³/mol. The number of likely N-dealkylation sites (tertiary alicyclic amines) is 1. The standard InChI is InChI=1S/C21H18ClF2N3O3/c22-15-2-4-16(5-3-15)29-12-19(28)27-9-7-13(8-10-27)21-25-20(26-30-21)14-1-6-17(23)18(24)11-14/h1-6,11,13H,7-10,12H2. The SMILES string of the molecule is O=C(COc1ccc(Cl)cc1)N1CCC(c2nc(-c3ccc(F)c(F)c3)no2)CC1. The van der Waals surface area contributed by atoms with Crippen LogP contribution in [0.5, 0.6) is 5.75 Å². The number of piperidine rings is 1. The minimum atomic E-state index is -0.966. The van der Waals surface area contributed by atoms with E-state index in [0.717, 1.165) is 12.1 Å². The van der Waals surface area contributed by atoms with Gasteiger partial charge in [-0.05, 0) is 55.3 Å². The fourth-order valence-electron chi connectivity index (χ4n) is 3.30. The number of hydrogen-bond donors (Lipinski definition) is 0. The van der Waals surface area contributed by atoms with Crippen LogP contribution in [0, 0.1) is 11.6 Å².